The number of carbonyl (C=O) groups is 1. The Morgan fingerprint density at radius 1 is 1.56 bits per heavy atom. The summed E-state index contributed by atoms with van der Waals surface area (Å²) in [6.45, 7) is 4.88. The number of rotatable bonds is 3. The second-order valence-electron chi connectivity index (χ2n) is 5.68. The zero-order valence-corrected chi connectivity index (χ0v) is 11.5. The van der Waals surface area contributed by atoms with Crippen molar-refractivity contribution in [3.8, 4) is 0 Å². The zero-order chi connectivity index (χ0) is 13.3. The summed E-state index contributed by atoms with van der Waals surface area (Å²) in [5.74, 6) is 0.839. The van der Waals surface area contributed by atoms with Gasteiger partial charge in [-0.3, -0.25) is 0 Å². The van der Waals surface area contributed by atoms with E-state index in [-0.39, 0.29) is 12.1 Å². The molecule has 0 aromatic carbocycles. The molecule has 0 saturated heterocycles. The summed E-state index contributed by atoms with van der Waals surface area (Å²) in [6.07, 6.45) is 3.96. The maximum absolute atomic E-state index is 12.1. The Balaban J connectivity index is 2.35. The molecule has 1 saturated carbocycles. The molecule has 1 aliphatic carbocycles. The molecule has 2 rings (SSSR count). The Hall–Kier alpha value is -1.10. The average molecular weight is 253 g/mol. The monoisotopic (exact) mass is 253 g/mol. The van der Waals surface area contributed by atoms with Crippen LogP contribution in [-0.2, 0) is 4.74 Å². The van der Waals surface area contributed by atoms with Crippen LogP contribution in [0.25, 0.3) is 0 Å². The van der Waals surface area contributed by atoms with Gasteiger partial charge in [0.1, 0.15) is 11.4 Å². The highest BCUT2D eigenvalue weighted by Gasteiger charge is 2.54. The van der Waals surface area contributed by atoms with Gasteiger partial charge in [-0.1, -0.05) is 26.7 Å². The summed E-state index contributed by atoms with van der Waals surface area (Å²) in [5.41, 5.74) is 5.58. The van der Waals surface area contributed by atoms with E-state index in [4.69, 9.17) is 10.5 Å². The molecule has 2 unspecified atom stereocenters. The maximum atomic E-state index is 12.1. The van der Waals surface area contributed by atoms with Crippen molar-refractivity contribution in [1.82, 2.24) is 4.90 Å². The van der Waals surface area contributed by atoms with E-state index in [9.17, 15) is 4.79 Å². The van der Waals surface area contributed by atoms with Crippen LogP contribution in [0, 0.1) is 5.92 Å². The number of ether oxygens (including phenoxy) is 1. The number of amidine groups is 1. The number of hydrogen-bond acceptors (Lipinski definition) is 3. The van der Waals surface area contributed by atoms with Gasteiger partial charge in [-0.25, -0.2) is 4.79 Å². The van der Waals surface area contributed by atoms with Gasteiger partial charge in [0.25, 0.3) is 0 Å². The molecule has 1 fully saturated rings. The summed E-state index contributed by atoms with van der Waals surface area (Å²) in [5, 5.41) is 0. The van der Waals surface area contributed by atoms with Gasteiger partial charge in [0.05, 0.1) is 6.10 Å². The molecule has 0 aromatic heterocycles. The first-order valence-corrected chi connectivity index (χ1v) is 6.71. The molecule has 1 spiro atoms. The third-order valence-electron chi connectivity index (χ3n) is 4.01. The summed E-state index contributed by atoms with van der Waals surface area (Å²) < 4.78 is 5.60. The van der Waals surface area contributed by atoms with E-state index in [1.165, 1.54) is 0 Å². The zero-order valence-electron chi connectivity index (χ0n) is 11.5. The Morgan fingerprint density at radius 3 is 2.89 bits per heavy atom. The normalized spacial score (nSPS) is 32.4. The van der Waals surface area contributed by atoms with Crippen LogP contribution in [0.1, 0.15) is 39.5 Å². The molecule has 2 atom stereocenters. The first kappa shape index (κ1) is 13.3. The molecular weight excluding hydrogens is 230 g/mol. The minimum atomic E-state index is -0.492. The van der Waals surface area contributed by atoms with Crippen molar-refractivity contribution in [2.45, 2.75) is 51.2 Å². The van der Waals surface area contributed by atoms with E-state index < -0.39 is 5.54 Å². The molecule has 5 nitrogen and oxygen atoms in total. The molecule has 5 heteroatoms. The Kier molecular flexibility index (Phi) is 3.61. The quantitative estimate of drug-likeness (QED) is 0.833. The minimum Gasteiger partial charge on any atom is -0.385 e. The average Bonchev–Trinajstić information content (AvgIpc) is 2.55. The standard InChI is InChI=1S/C13H23N3O2/c1-9(2)8-16-12(17)15-11(14)13(16)7-5-4-6-10(13)18-3/h9-10H,4-8H2,1-3H3,(H2,14,15,17). The van der Waals surface area contributed by atoms with Crippen LogP contribution in [0.3, 0.4) is 0 Å². The summed E-state index contributed by atoms with van der Waals surface area (Å²) in [4.78, 5) is 17.9. The van der Waals surface area contributed by atoms with E-state index in [0.29, 0.717) is 18.3 Å². The van der Waals surface area contributed by atoms with E-state index in [2.05, 4.69) is 18.8 Å². The first-order chi connectivity index (χ1) is 8.52. The lowest BCUT2D eigenvalue weighted by Gasteiger charge is -2.46. The van der Waals surface area contributed by atoms with Crippen molar-refractivity contribution in [2.24, 2.45) is 16.6 Å². The SMILES string of the molecule is COC1CCCCC12C(N)=NC(=O)N2CC(C)C. The number of hydrogen-bond donors (Lipinski definition) is 1. The predicted molar refractivity (Wildman–Crippen MR) is 70.6 cm³/mol. The number of methoxy groups -OCH3 is 1. The molecule has 0 bridgehead atoms. The lowest BCUT2D eigenvalue weighted by molar-refractivity contribution is -0.0235. The lowest BCUT2D eigenvalue weighted by Crippen LogP contribution is -2.63. The predicted octanol–water partition coefficient (Wildman–Crippen LogP) is 1.76. The van der Waals surface area contributed by atoms with E-state index in [1.54, 1.807) is 7.11 Å². The van der Waals surface area contributed by atoms with Gasteiger partial charge in [-0.15, -0.1) is 0 Å². The van der Waals surface area contributed by atoms with Crippen LogP contribution < -0.4 is 5.73 Å². The van der Waals surface area contributed by atoms with Crippen LogP contribution in [0.5, 0.6) is 0 Å². The molecular formula is C13H23N3O2. The number of nitrogens with two attached hydrogens (primary N) is 1. The Bertz CT molecular complexity index is 367. The number of aliphatic imine (C=N–C) groups is 1. The molecule has 18 heavy (non-hydrogen) atoms. The van der Waals surface area contributed by atoms with Crippen molar-refractivity contribution < 1.29 is 9.53 Å². The third kappa shape index (κ3) is 1.90. The number of carbonyl (C=O) groups excluding carboxylic acids is 1. The topological polar surface area (TPSA) is 67.9 Å². The highest BCUT2D eigenvalue weighted by Crippen LogP contribution is 2.39. The van der Waals surface area contributed by atoms with Crippen molar-refractivity contribution in [1.29, 1.82) is 0 Å². The Morgan fingerprint density at radius 2 is 2.28 bits per heavy atom. The number of urea groups is 1. The molecule has 1 aliphatic heterocycles. The highest BCUT2D eigenvalue weighted by atomic mass is 16.5. The fourth-order valence-electron chi connectivity index (χ4n) is 3.21. The van der Waals surface area contributed by atoms with Crippen molar-refractivity contribution in [3.05, 3.63) is 0 Å². The highest BCUT2D eigenvalue weighted by molar-refractivity contribution is 6.06. The molecule has 102 valence electrons. The van der Waals surface area contributed by atoms with Gasteiger partial charge in [0, 0.05) is 13.7 Å². The largest absolute Gasteiger partial charge is 0.385 e. The van der Waals surface area contributed by atoms with Crippen LogP contribution >= 0.6 is 0 Å². The minimum absolute atomic E-state index is 0.0276. The molecule has 2 aliphatic rings. The molecule has 0 radical (unpaired) electrons. The van der Waals surface area contributed by atoms with Crippen LogP contribution in [0.4, 0.5) is 4.79 Å². The maximum Gasteiger partial charge on any atom is 0.346 e. The smallest absolute Gasteiger partial charge is 0.346 e. The van der Waals surface area contributed by atoms with E-state index in [1.807, 2.05) is 4.90 Å². The van der Waals surface area contributed by atoms with Crippen LogP contribution in [0.15, 0.2) is 4.99 Å². The summed E-state index contributed by atoms with van der Waals surface area (Å²) >= 11 is 0. The van der Waals surface area contributed by atoms with Crippen molar-refractivity contribution in [2.75, 3.05) is 13.7 Å². The second-order valence-corrected chi connectivity index (χ2v) is 5.68. The molecule has 2 N–H and O–H groups in total. The van der Waals surface area contributed by atoms with Gasteiger partial charge < -0.3 is 15.4 Å². The van der Waals surface area contributed by atoms with Gasteiger partial charge in [0.15, 0.2) is 0 Å². The third-order valence-corrected chi connectivity index (χ3v) is 4.01. The lowest BCUT2D eigenvalue weighted by atomic mass is 9.77. The van der Waals surface area contributed by atoms with E-state index >= 15 is 0 Å². The van der Waals surface area contributed by atoms with Crippen LogP contribution in [-0.4, -0.2) is 42.1 Å². The Labute approximate surface area is 108 Å². The van der Waals surface area contributed by atoms with Gasteiger partial charge in [-0.05, 0) is 18.8 Å². The molecule has 0 aromatic rings. The van der Waals surface area contributed by atoms with Crippen LogP contribution in [0.2, 0.25) is 0 Å². The van der Waals surface area contributed by atoms with Gasteiger partial charge in [0.2, 0.25) is 0 Å². The summed E-state index contributed by atoms with van der Waals surface area (Å²) in [7, 11) is 1.70. The fraction of sp³-hybridized carbons (Fsp3) is 0.846. The summed E-state index contributed by atoms with van der Waals surface area (Å²) in [6, 6.07) is -0.204. The van der Waals surface area contributed by atoms with E-state index in [0.717, 1.165) is 25.7 Å². The second kappa shape index (κ2) is 4.88. The van der Waals surface area contributed by atoms with Gasteiger partial charge in [-0.2, -0.15) is 4.99 Å². The number of nitrogens with zero attached hydrogens (tertiary/aromatic N) is 2. The fourth-order valence-corrected chi connectivity index (χ4v) is 3.21. The van der Waals surface area contributed by atoms with Gasteiger partial charge >= 0.3 is 6.03 Å². The molecule has 1 heterocycles. The van der Waals surface area contributed by atoms with Crippen molar-refractivity contribution in [3.63, 3.8) is 0 Å². The van der Waals surface area contributed by atoms with Crippen molar-refractivity contribution >= 4 is 11.9 Å². The number of amides is 2. The molecule has 2 amide bonds. The first-order valence-electron chi connectivity index (χ1n) is 6.71.